The summed E-state index contributed by atoms with van der Waals surface area (Å²) in [7, 11) is -3.59. The molecular weight excluding hydrogens is 392 g/mol. The Hall–Kier alpha value is -1.94. The van der Waals surface area contributed by atoms with Crippen molar-refractivity contribution in [3.63, 3.8) is 0 Å². The predicted octanol–water partition coefficient (Wildman–Crippen LogP) is 0.553. The van der Waals surface area contributed by atoms with Crippen molar-refractivity contribution in [1.29, 1.82) is 0 Å². The van der Waals surface area contributed by atoms with Crippen LogP contribution in [0.2, 0.25) is 5.02 Å². The van der Waals surface area contributed by atoms with Crippen LogP contribution in [-0.4, -0.2) is 56.0 Å². The molecule has 1 aromatic carbocycles. The Balaban J connectivity index is 1.60. The number of amides is 1. The van der Waals surface area contributed by atoms with Gasteiger partial charge in [0, 0.05) is 11.1 Å². The molecule has 1 amide bonds. The van der Waals surface area contributed by atoms with Crippen LogP contribution in [0.3, 0.4) is 0 Å². The van der Waals surface area contributed by atoms with Gasteiger partial charge in [-0.25, -0.2) is 8.42 Å². The average Bonchev–Trinajstić information content (AvgIpc) is 3.06. The molecule has 146 valence electrons. The van der Waals surface area contributed by atoms with E-state index in [0.29, 0.717) is 42.8 Å². The number of carbonyl (C=O) groups excluding carboxylic acids is 1. The minimum Gasteiger partial charge on any atom is -0.360 e. The normalized spacial score (nSPS) is 17.6. The summed E-state index contributed by atoms with van der Waals surface area (Å²) in [4.78, 5) is 13.6. The number of halogens is 1. The van der Waals surface area contributed by atoms with Gasteiger partial charge >= 0.3 is 0 Å². The van der Waals surface area contributed by atoms with Gasteiger partial charge in [-0.1, -0.05) is 22.8 Å². The molecule has 0 aliphatic carbocycles. The SMILES string of the molecule is Cc1cc(NC(=O)[C@@H](C)[NH+]2CCN(S(=O)(=O)c3cccc(Cl)c3)CC2)no1. The van der Waals surface area contributed by atoms with Crippen molar-refractivity contribution in [1.82, 2.24) is 9.46 Å². The Kier molecular flexibility index (Phi) is 5.85. The molecule has 2 heterocycles. The van der Waals surface area contributed by atoms with Crippen molar-refractivity contribution in [3.8, 4) is 0 Å². The van der Waals surface area contributed by atoms with E-state index in [1.807, 2.05) is 6.92 Å². The number of aromatic nitrogens is 1. The number of rotatable bonds is 5. The van der Waals surface area contributed by atoms with E-state index in [0.717, 1.165) is 4.90 Å². The number of anilines is 1. The molecule has 27 heavy (non-hydrogen) atoms. The van der Waals surface area contributed by atoms with Crippen LogP contribution in [0.15, 0.2) is 39.8 Å². The molecule has 0 unspecified atom stereocenters. The Morgan fingerprint density at radius 3 is 2.63 bits per heavy atom. The van der Waals surface area contributed by atoms with Crippen LogP contribution < -0.4 is 10.2 Å². The Morgan fingerprint density at radius 1 is 1.33 bits per heavy atom. The lowest BCUT2D eigenvalue weighted by Crippen LogP contribution is -3.19. The zero-order valence-electron chi connectivity index (χ0n) is 15.1. The summed E-state index contributed by atoms with van der Waals surface area (Å²) in [6, 6.07) is 7.56. The standard InChI is InChI=1S/C17H21ClN4O4S/c1-12-10-16(20-26-12)19-17(23)13(2)21-6-8-22(9-7-21)27(24,25)15-5-3-4-14(18)11-15/h3-5,10-11,13H,6-9H2,1-2H3,(H,19,20,23)/p+1/t13-/m1/s1. The van der Waals surface area contributed by atoms with Crippen molar-refractivity contribution in [3.05, 3.63) is 41.1 Å². The van der Waals surface area contributed by atoms with Crippen molar-refractivity contribution >= 4 is 33.3 Å². The topological polar surface area (TPSA) is 97.0 Å². The van der Waals surface area contributed by atoms with E-state index >= 15 is 0 Å². The highest BCUT2D eigenvalue weighted by atomic mass is 35.5. The lowest BCUT2D eigenvalue weighted by atomic mass is 10.2. The van der Waals surface area contributed by atoms with Gasteiger partial charge in [0.2, 0.25) is 10.0 Å². The number of hydrogen-bond donors (Lipinski definition) is 2. The molecule has 1 aliphatic rings. The summed E-state index contributed by atoms with van der Waals surface area (Å²) >= 11 is 5.91. The highest BCUT2D eigenvalue weighted by Gasteiger charge is 2.34. The second-order valence-electron chi connectivity index (χ2n) is 6.55. The number of hydrogen-bond acceptors (Lipinski definition) is 5. The highest BCUT2D eigenvalue weighted by Crippen LogP contribution is 2.19. The zero-order valence-corrected chi connectivity index (χ0v) is 16.7. The number of nitrogens with zero attached hydrogens (tertiary/aromatic N) is 2. The Morgan fingerprint density at radius 2 is 2.04 bits per heavy atom. The molecule has 3 rings (SSSR count). The Bertz CT molecular complexity index is 923. The summed E-state index contributed by atoms with van der Waals surface area (Å²) in [5.74, 6) is 0.820. The van der Waals surface area contributed by atoms with Gasteiger partial charge in [-0.2, -0.15) is 4.31 Å². The van der Waals surface area contributed by atoms with Gasteiger partial charge in [0.25, 0.3) is 5.91 Å². The van der Waals surface area contributed by atoms with Crippen LogP contribution in [0, 0.1) is 6.92 Å². The van der Waals surface area contributed by atoms with Gasteiger partial charge < -0.3 is 14.7 Å². The first kappa shape index (κ1) is 19.8. The summed E-state index contributed by atoms with van der Waals surface area (Å²) in [5, 5.41) is 6.86. The zero-order chi connectivity index (χ0) is 19.6. The molecule has 0 spiro atoms. The van der Waals surface area contributed by atoms with E-state index in [2.05, 4.69) is 10.5 Å². The summed E-state index contributed by atoms with van der Waals surface area (Å²) in [6.07, 6.45) is 0. The molecule has 2 N–H and O–H groups in total. The minimum absolute atomic E-state index is 0.176. The number of quaternary nitrogens is 1. The lowest BCUT2D eigenvalue weighted by Gasteiger charge is -2.34. The first-order valence-corrected chi connectivity index (χ1v) is 10.4. The first-order chi connectivity index (χ1) is 12.8. The van der Waals surface area contributed by atoms with Crippen LogP contribution in [0.4, 0.5) is 5.82 Å². The number of nitrogens with one attached hydrogen (secondary N) is 2. The van der Waals surface area contributed by atoms with E-state index in [-0.39, 0.29) is 16.8 Å². The van der Waals surface area contributed by atoms with Crippen molar-refractivity contribution in [2.24, 2.45) is 0 Å². The summed E-state index contributed by atoms with van der Waals surface area (Å²) in [6.45, 7) is 5.31. The van der Waals surface area contributed by atoms with E-state index in [4.69, 9.17) is 16.1 Å². The third kappa shape index (κ3) is 4.49. The van der Waals surface area contributed by atoms with Crippen LogP contribution in [-0.2, 0) is 14.8 Å². The molecule has 1 atom stereocenters. The van der Waals surface area contributed by atoms with Gasteiger partial charge in [-0.15, -0.1) is 0 Å². The molecule has 1 fully saturated rings. The van der Waals surface area contributed by atoms with Crippen molar-refractivity contribution in [2.75, 3.05) is 31.5 Å². The van der Waals surface area contributed by atoms with Crippen molar-refractivity contribution < 1.29 is 22.6 Å². The van der Waals surface area contributed by atoms with Gasteiger partial charge in [0.1, 0.15) is 5.76 Å². The van der Waals surface area contributed by atoms with Crippen LogP contribution >= 0.6 is 11.6 Å². The molecule has 10 heteroatoms. The number of aryl methyl sites for hydroxylation is 1. The van der Waals surface area contributed by atoms with Gasteiger partial charge in [-0.05, 0) is 32.0 Å². The van der Waals surface area contributed by atoms with E-state index in [1.165, 1.54) is 16.4 Å². The molecule has 0 saturated carbocycles. The second kappa shape index (κ2) is 7.97. The third-order valence-electron chi connectivity index (χ3n) is 4.68. The fraction of sp³-hybridized carbons (Fsp3) is 0.412. The largest absolute Gasteiger partial charge is 0.360 e. The molecule has 0 bridgehead atoms. The van der Waals surface area contributed by atoms with Gasteiger partial charge in [0.05, 0.1) is 31.1 Å². The number of benzene rings is 1. The molecule has 0 radical (unpaired) electrons. The van der Waals surface area contributed by atoms with Crippen LogP contribution in [0.5, 0.6) is 0 Å². The quantitative estimate of drug-likeness (QED) is 0.746. The smallest absolute Gasteiger partial charge is 0.283 e. The van der Waals surface area contributed by atoms with Gasteiger partial charge in [0.15, 0.2) is 11.9 Å². The lowest BCUT2D eigenvalue weighted by molar-refractivity contribution is -0.917. The highest BCUT2D eigenvalue weighted by molar-refractivity contribution is 7.89. The number of sulfonamides is 1. The van der Waals surface area contributed by atoms with E-state index < -0.39 is 10.0 Å². The third-order valence-corrected chi connectivity index (χ3v) is 6.81. The van der Waals surface area contributed by atoms with Crippen LogP contribution in [0.25, 0.3) is 0 Å². The van der Waals surface area contributed by atoms with E-state index in [9.17, 15) is 13.2 Å². The number of piperazine rings is 1. The van der Waals surface area contributed by atoms with Crippen molar-refractivity contribution in [2.45, 2.75) is 24.8 Å². The second-order valence-corrected chi connectivity index (χ2v) is 8.93. The summed E-state index contributed by atoms with van der Waals surface area (Å²) in [5.41, 5.74) is 0. The maximum atomic E-state index is 12.8. The molecule has 1 saturated heterocycles. The maximum absolute atomic E-state index is 12.8. The molecular formula is C17H22ClN4O4S+. The molecule has 8 nitrogen and oxygen atoms in total. The minimum atomic E-state index is -3.59. The van der Waals surface area contributed by atoms with Crippen LogP contribution in [0.1, 0.15) is 12.7 Å². The fourth-order valence-electron chi connectivity index (χ4n) is 3.07. The Labute approximate surface area is 163 Å². The maximum Gasteiger partial charge on any atom is 0.283 e. The monoisotopic (exact) mass is 413 g/mol. The molecule has 2 aromatic rings. The summed E-state index contributed by atoms with van der Waals surface area (Å²) < 4.78 is 31.9. The number of carbonyl (C=O) groups is 1. The predicted molar refractivity (Wildman–Crippen MR) is 100 cm³/mol. The van der Waals surface area contributed by atoms with E-state index in [1.54, 1.807) is 25.1 Å². The van der Waals surface area contributed by atoms with Gasteiger partial charge in [-0.3, -0.25) is 4.79 Å². The molecule has 1 aromatic heterocycles. The first-order valence-electron chi connectivity index (χ1n) is 8.62. The fourth-order valence-corrected chi connectivity index (χ4v) is 4.81. The molecule has 1 aliphatic heterocycles. The average molecular weight is 414 g/mol.